The number of rotatable bonds is 6. The lowest BCUT2D eigenvalue weighted by molar-refractivity contribution is -0.384. The first-order valence-electron chi connectivity index (χ1n) is 13.1. The fourth-order valence-corrected chi connectivity index (χ4v) is 6.10. The predicted molar refractivity (Wildman–Crippen MR) is 154 cm³/mol. The third-order valence-electron chi connectivity index (χ3n) is 7.04. The van der Waals surface area contributed by atoms with Crippen LogP contribution in [0, 0.1) is 10.1 Å². The van der Waals surface area contributed by atoms with E-state index in [9.17, 15) is 19.7 Å². The van der Waals surface area contributed by atoms with Crippen LogP contribution in [-0.4, -0.2) is 59.7 Å². The zero-order valence-electron chi connectivity index (χ0n) is 22.9. The van der Waals surface area contributed by atoms with Gasteiger partial charge < -0.3 is 14.5 Å². The zero-order chi connectivity index (χ0) is 28.6. The Bertz CT molecular complexity index is 1670. The molecule has 1 aromatic heterocycles. The van der Waals surface area contributed by atoms with Crippen LogP contribution in [0.2, 0.25) is 0 Å². The second-order valence-corrected chi connectivity index (χ2v) is 11.3. The minimum atomic E-state index is -0.709. The maximum atomic E-state index is 13.8. The molecule has 1 saturated heterocycles. The number of carbonyl (C=O) groups excluding carboxylic acids is 1. The molecule has 1 atom stereocenters. The van der Waals surface area contributed by atoms with E-state index in [1.165, 1.54) is 22.0 Å². The Kier molecular flexibility index (Phi) is 7.68. The van der Waals surface area contributed by atoms with Gasteiger partial charge in [0.25, 0.3) is 11.2 Å². The Morgan fingerprint density at radius 3 is 2.50 bits per heavy atom. The van der Waals surface area contributed by atoms with Crippen molar-refractivity contribution < 1.29 is 14.5 Å². The van der Waals surface area contributed by atoms with E-state index in [2.05, 4.69) is 9.89 Å². The number of likely N-dealkylation sites (N-methyl/N-ethyl adjacent to an activating group) is 1. The molecule has 40 heavy (non-hydrogen) atoms. The molecule has 2 aliphatic heterocycles. The van der Waals surface area contributed by atoms with Crippen LogP contribution < -0.4 is 19.8 Å². The smallest absolute Gasteiger partial charge is 0.338 e. The summed E-state index contributed by atoms with van der Waals surface area (Å²) < 4.78 is 7.41. The lowest BCUT2D eigenvalue weighted by Gasteiger charge is -2.33. The van der Waals surface area contributed by atoms with Crippen LogP contribution in [0.3, 0.4) is 0 Å². The Morgan fingerprint density at radius 1 is 1.15 bits per heavy atom. The highest BCUT2D eigenvalue weighted by molar-refractivity contribution is 7.07. The van der Waals surface area contributed by atoms with Crippen LogP contribution in [-0.2, 0) is 9.53 Å². The molecular weight excluding hydrogens is 530 g/mol. The van der Waals surface area contributed by atoms with Gasteiger partial charge in [-0.2, -0.15) is 0 Å². The number of nitro groups is 1. The molecule has 0 aliphatic carbocycles. The molecule has 1 unspecified atom stereocenters. The summed E-state index contributed by atoms with van der Waals surface area (Å²) >= 11 is 1.19. The average molecular weight is 562 g/mol. The van der Waals surface area contributed by atoms with Gasteiger partial charge in [0.05, 0.1) is 32.9 Å². The number of fused-ring (bicyclic) bond motifs is 1. The number of benzene rings is 2. The number of allylic oxidation sites excluding steroid dienone is 1. The third-order valence-corrected chi connectivity index (χ3v) is 8.02. The van der Waals surface area contributed by atoms with Crippen molar-refractivity contribution in [3.05, 3.63) is 101 Å². The lowest BCUT2D eigenvalue weighted by atomic mass is 9.96. The number of ether oxygens (including phenoxy) is 1. The van der Waals surface area contributed by atoms with Crippen molar-refractivity contribution in [1.82, 2.24) is 9.47 Å². The number of thiazole rings is 1. The highest BCUT2D eigenvalue weighted by Gasteiger charge is 2.33. The Hall–Kier alpha value is -4.09. The van der Waals surface area contributed by atoms with Crippen molar-refractivity contribution in [2.24, 2.45) is 4.99 Å². The quantitative estimate of drug-likeness (QED) is 0.259. The number of piperazine rings is 1. The van der Waals surface area contributed by atoms with E-state index in [4.69, 9.17) is 4.74 Å². The molecule has 0 N–H and O–H groups in total. The van der Waals surface area contributed by atoms with Gasteiger partial charge in [-0.1, -0.05) is 47.7 Å². The maximum Gasteiger partial charge on any atom is 0.338 e. The summed E-state index contributed by atoms with van der Waals surface area (Å²) in [5.41, 5.74) is 2.34. The van der Waals surface area contributed by atoms with Gasteiger partial charge in [-0.05, 0) is 51.1 Å². The molecule has 5 rings (SSSR count). The van der Waals surface area contributed by atoms with Gasteiger partial charge in [-0.25, -0.2) is 9.79 Å². The fraction of sp³-hybridized carbons (Fsp3) is 0.345. The lowest BCUT2D eigenvalue weighted by Crippen LogP contribution is -2.44. The van der Waals surface area contributed by atoms with Gasteiger partial charge in [0.1, 0.15) is 5.69 Å². The Balaban J connectivity index is 1.61. The summed E-state index contributed by atoms with van der Waals surface area (Å²) in [6.07, 6.45) is 1.32. The van der Waals surface area contributed by atoms with E-state index in [0.29, 0.717) is 44.9 Å². The molecule has 11 heteroatoms. The summed E-state index contributed by atoms with van der Waals surface area (Å²) in [4.78, 5) is 47.9. The van der Waals surface area contributed by atoms with Gasteiger partial charge in [0.15, 0.2) is 4.80 Å². The number of carbonyl (C=O) groups is 1. The van der Waals surface area contributed by atoms with Crippen molar-refractivity contribution in [3.63, 3.8) is 0 Å². The van der Waals surface area contributed by atoms with Gasteiger partial charge in [-0.3, -0.25) is 19.5 Å². The van der Waals surface area contributed by atoms with Crippen LogP contribution in [0.1, 0.15) is 37.9 Å². The average Bonchev–Trinajstić information content (AvgIpc) is 3.22. The van der Waals surface area contributed by atoms with E-state index in [1.807, 2.05) is 42.3 Å². The molecule has 0 amide bonds. The van der Waals surface area contributed by atoms with E-state index in [1.54, 1.807) is 39.0 Å². The highest BCUT2D eigenvalue weighted by Crippen LogP contribution is 2.32. The Labute approximate surface area is 235 Å². The van der Waals surface area contributed by atoms with Gasteiger partial charge in [0, 0.05) is 32.2 Å². The summed E-state index contributed by atoms with van der Waals surface area (Å²) in [7, 11) is 2.03. The van der Waals surface area contributed by atoms with Crippen LogP contribution in [0.25, 0.3) is 6.08 Å². The third kappa shape index (κ3) is 5.34. The Morgan fingerprint density at radius 2 is 1.85 bits per heavy atom. The molecule has 0 saturated carbocycles. The summed E-state index contributed by atoms with van der Waals surface area (Å²) in [5, 5.41) is 12.0. The summed E-state index contributed by atoms with van der Waals surface area (Å²) in [6, 6.07) is 13.7. The summed E-state index contributed by atoms with van der Waals surface area (Å²) in [6.45, 7) is 8.35. The van der Waals surface area contributed by atoms with Crippen LogP contribution in [0.5, 0.6) is 0 Å². The minimum Gasteiger partial charge on any atom is -0.459 e. The molecule has 0 bridgehead atoms. The second-order valence-electron chi connectivity index (χ2n) is 10.2. The van der Waals surface area contributed by atoms with E-state index in [-0.39, 0.29) is 22.3 Å². The van der Waals surface area contributed by atoms with Crippen LogP contribution in [0.15, 0.2) is 69.6 Å². The number of nitrogens with zero attached hydrogens (tertiary/aromatic N) is 5. The van der Waals surface area contributed by atoms with Gasteiger partial charge >= 0.3 is 5.97 Å². The van der Waals surface area contributed by atoms with Crippen molar-refractivity contribution in [2.45, 2.75) is 32.9 Å². The first-order chi connectivity index (χ1) is 19.1. The topological polar surface area (TPSA) is 110 Å². The SMILES string of the molecule is CC1=C(C(=O)OC(C)C)C(c2ccccc2)n2c(sc(=Cc3ccc(N4CCN(C)CC4)c([N+](=O)[O-])c3)c2=O)=N1. The van der Waals surface area contributed by atoms with Crippen LogP contribution >= 0.6 is 11.3 Å². The van der Waals surface area contributed by atoms with Crippen molar-refractivity contribution in [3.8, 4) is 0 Å². The predicted octanol–water partition coefficient (Wildman–Crippen LogP) is 2.85. The molecule has 2 aromatic carbocycles. The number of hydrogen-bond acceptors (Lipinski definition) is 9. The first kappa shape index (κ1) is 27.5. The minimum absolute atomic E-state index is 0.00259. The molecule has 0 spiro atoms. The molecule has 1 fully saturated rings. The normalized spacial score (nSPS) is 18.1. The maximum absolute atomic E-state index is 13.8. The number of nitro benzene ring substituents is 1. The number of esters is 1. The van der Waals surface area contributed by atoms with Gasteiger partial charge in [-0.15, -0.1) is 0 Å². The molecule has 208 valence electrons. The second kappa shape index (κ2) is 11.2. The standard InChI is InChI=1S/C29H31N5O5S/c1-18(2)39-28(36)25-19(3)30-29-33(26(25)21-8-6-5-7-9-21)27(35)24(40-29)17-20-10-11-22(23(16-20)34(37)38)32-14-12-31(4)13-15-32/h5-11,16-18,26H,12-15H2,1-4H3. The van der Waals surface area contributed by atoms with E-state index >= 15 is 0 Å². The van der Waals surface area contributed by atoms with Crippen LogP contribution in [0.4, 0.5) is 11.4 Å². The zero-order valence-corrected chi connectivity index (χ0v) is 23.7. The molecule has 2 aliphatic rings. The fourth-order valence-electron chi connectivity index (χ4n) is 5.05. The largest absolute Gasteiger partial charge is 0.459 e. The molecular formula is C29H31N5O5S. The molecule has 3 heterocycles. The van der Waals surface area contributed by atoms with Crippen molar-refractivity contribution in [1.29, 1.82) is 0 Å². The van der Waals surface area contributed by atoms with E-state index in [0.717, 1.165) is 18.7 Å². The molecule has 0 radical (unpaired) electrons. The number of aromatic nitrogens is 1. The van der Waals surface area contributed by atoms with Gasteiger partial charge in [0.2, 0.25) is 0 Å². The monoisotopic (exact) mass is 561 g/mol. The van der Waals surface area contributed by atoms with E-state index < -0.39 is 12.0 Å². The number of anilines is 1. The van der Waals surface area contributed by atoms with Crippen molar-refractivity contribution in [2.75, 3.05) is 38.1 Å². The first-order valence-corrected chi connectivity index (χ1v) is 14.0. The number of hydrogen-bond donors (Lipinski definition) is 0. The van der Waals surface area contributed by atoms with Crippen molar-refractivity contribution >= 4 is 34.8 Å². The highest BCUT2D eigenvalue weighted by atomic mass is 32.1. The molecule has 3 aromatic rings. The summed E-state index contributed by atoms with van der Waals surface area (Å²) in [5.74, 6) is -0.519. The molecule has 10 nitrogen and oxygen atoms in total.